The highest BCUT2D eigenvalue weighted by atomic mass is 32.2. The van der Waals surface area contributed by atoms with Crippen LogP contribution in [0.3, 0.4) is 0 Å². The van der Waals surface area contributed by atoms with Gasteiger partial charge >= 0.3 is 0 Å². The molecule has 0 aromatic heterocycles. The molecule has 0 radical (unpaired) electrons. The molecule has 0 saturated carbocycles. The van der Waals surface area contributed by atoms with Crippen LogP contribution in [0, 0.1) is 5.82 Å². The Balaban J connectivity index is 3.05. The first-order valence-corrected chi connectivity index (χ1v) is 6.53. The number of rotatable bonds is 4. The van der Waals surface area contributed by atoms with E-state index >= 15 is 0 Å². The standard InChI is InChI=1S/C10H12FNO3S/c1-3-10(13)7-4-5-9(8(11)6-7)12-16(2,14)15/h4-6,12H,3H2,1-2H3. The number of hydrogen-bond donors (Lipinski definition) is 1. The van der Waals surface area contributed by atoms with E-state index in [1.54, 1.807) is 6.92 Å². The summed E-state index contributed by atoms with van der Waals surface area (Å²) in [5.41, 5.74) is 0.0780. The predicted octanol–water partition coefficient (Wildman–Crippen LogP) is 1.79. The van der Waals surface area contributed by atoms with Crippen molar-refractivity contribution in [3.63, 3.8) is 0 Å². The fraction of sp³-hybridized carbons (Fsp3) is 0.300. The molecule has 16 heavy (non-hydrogen) atoms. The molecular weight excluding hydrogens is 233 g/mol. The third-order valence-corrected chi connectivity index (χ3v) is 2.50. The van der Waals surface area contributed by atoms with Gasteiger partial charge in [-0.05, 0) is 18.2 Å². The Hall–Kier alpha value is -1.43. The Bertz CT molecular complexity index is 511. The molecule has 4 nitrogen and oxygen atoms in total. The molecule has 0 spiro atoms. The van der Waals surface area contributed by atoms with Gasteiger partial charge in [-0.25, -0.2) is 12.8 Å². The monoisotopic (exact) mass is 245 g/mol. The van der Waals surface area contributed by atoms with Gasteiger partial charge in [-0.2, -0.15) is 0 Å². The van der Waals surface area contributed by atoms with Crippen molar-refractivity contribution in [2.45, 2.75) is 13.3 Å². The van der Waals surface area contributed by atoms with Crippen molar-refractivity contribution in [3.05, 3.63) is 29.6 Å². The van der Waals surface area contributed by atoms with Crippen LogP contribution in [0.4, 0.5) is 10.1 Å². The van der Waals surface area contributed by atoms with Gasteiger partial charge in [0.15, 0.2) is 5.78 Å². The van der Waals surface area contributed by atoms with Gasteiger partial charge in [-0.1, -0.05) is 6.92 Å². The average molecular weight is 245 g/mol. The summed E-state index contributed by atoms with van der Waals surface area (Å²) in [6, 6.07) is 3.65. The van der Waals surface area contributed by atoms with Crippen molar-refractivity contribution < 1.29 is 17.6 Å². The molecule has 0 amide bonds. The van der Waals surface area contributed by atoms with Crippen molar-refractivity contribution in [1.29, 1.82) is 0 Å². The number of ketones is 1. The van der Waals surface area contributed by atoms with E-state index < -0.39 is 15.8 Å². The van der Waals surface area contributed by atoms with E-state index in [0.717, 1.165) is 12.3 Å². The van der Waals surface area contributed by atoms with E-state index in [9.17, 15) is 17.6 Å². The maximum Gasteiger partial charge on any atom is 0.229 e. The highest BCUT2D eigenvalue weighted by Gasteiger charge is 2.10. The van der Waals surface area contributed by atoms with E-state index in [2.05, 4.69) is 0 Å². The van der Waals surface area contributed by atoms with Gasteiger partial charge in [0.1, 0.15) is 5.82 Å². The maximum atomic E-state index is 13.4. The summed E-state index contributed by atoms with van der Waals surface area (Å²) < 4.78 is 37.2. The molecule has 0 unspecified atom stereocenters. The zero-order valence-electron chi connectivity index (χ0n) is 8.95. The van der Waals surface area contributed by atoms with Crippen LogP contribution in [0.15, 0.2) is 18.2 Å². The lowest BCUT2D eigenvalue weighted by Gasteiger charge is -2.06. The lowest BCUT2D eigenvalue weighted by molar-refractivity contribution is 0.0988. The van der Waals surface area contributed by atoms with Crippen LogP contribution in [0.25, 0.3) is 0 Å². The predicted molar refractivity (Wildman–Crippen MR) is 59.5 cm³/mol. The minimum Gasteiger partial charge on any atom is -0.294 e. The number of anilines is 1. The van der Waals surface area contributed by atoms with Gasteiger partial charge in [-0.15, -0.1) is 0 Å². The van der Waals surface area contributed by atoms with Gasteiger partial charge in [-0.3, -0.25) is 9.52 Å². The van der Waals surface area contributed by atoms with E-state index in [4.69, 9.17) is 0 Å². The molecule has 0 aliphatic carbocycles. The number of Topliss-reactive ketones (excluding diaryl/α,β-unsaturated/α-hetero) is 1. The van der Waals surface area contributed by atoms with Gasteiger partial charge < -0.3 is 0 Å². The SMILES string of the molecule is CCC(=O)c1ccc(NS(C)(=O)=O)c(F)c1. The van der Waals surface area contributed by atoms with Crippen LogP contribution in [-0.4, -0.2) is 20.5 Å². The third kappa shape index (κ3) is 3.30. The van der Waals surface area contributed by atoms with Crippen molar-refractivity contribution in [2.24, 2.45) is 0 Å². The molecular formula is C10H12FNO3S. The Morgan fingerprint density at radius 2 is 2.06 bits per heavy atom. The van der Waals surface area contributed by atoms with E-state index in [-0.39, 0.29) is 23.5 Å². The van der Waals surface area contributed by atoms with Gasteiger partial charge in [0.2, 0.25) is 10.0 Å². The quantitative estimate of drug-likeness (QED) is 0.822. The number of carbonyl (C=O) groups is 1. The topological polar surface area (TPSA) is 63.2 Å². The zero-order chi connectivity index (χ0) is 12.3. The van der Waals surface area contributed by atoms with Gasteiger partial charge in [0.05, 0.1) is 11.9 Å². The van der Waals surface area contributed by atoms with E-state index in [0.29, 0.717) is 0 Å². The lowest BCUT2D eigenvalue weighted by atomic mass is 10.1. The van der Waals surface area contributed by atoms with Crippen molar-refractivity contribution in [1.82, 2.24) is 0 Å². The minimum atomic E-state index is -3.51. The second-order valence-corrected chi connectivity index (χ2v) is 5.09. The minimum absolute atomic E-state index is 0.157. The number of halogens is 1. The highest BCUT2D eigenvalue weighted by molar-refractivity contribution is 7.92. The van der Waals surface area contributed by atoms with Gasteiger partial charge in [0.25, 0.3) is 0 Å². The number of sulfonamides is 1. The molecule has 1 aromatic rings. The molecule has 88 valence electrons. The number of nitrogens with one attached hydrogen (secondary N) is 1. The summed E-state index contributed by atoms with van der Waals surface area (Å²) in [5.74, 6) is -0.950. The van der Waals surface area contributed by atoms with Crippen LogP contribution in [-0.2, 0) is 10.0 Å². The number of carbonyl (C=O) groups excluding carboxylic acids is 1. The van der Waals surface area contributed by atoms with Crippen molar-refractivity contribution >= 4 is 21.5 Å². The second kappa shape index (κ2) is 4.61. The summed E-state index contributed by atoms with van der Waals surface area (Å²) in [5, 5.41) is 0. The smallest absolute Gasteiger partial charge is 0.229 e. The molecule has 0 heterocycles. The third-order valence-electron chi connectivity index (χ3n) is 1.91. The molecule has 0 bridgehead atoms. The van der Waals surface area contributed by atoms with Crippen LogP contribution in [0.2, 0.25) is 0 Å². The second-order valence-electron chi connectivity index (χ2n) is 3.35. The van der Waals surface area contributed by atoms with Crippen LogP contribution in [0.5, 0.6) is 0 Å². The fourth-order valence-electron chi connectivity index (χ4n) is 1.18. The first-order valence-electron chi connectivity index (χ1n) is 4.64. The first-order chi connectivity index (χ1) is 7.33. The Kier molecular flexibility index (Phi) is 3.64. The molecule has 0 atom stereocenters. The van der Waals surface area contributed by atoms with E-state index in [1.165, 1.54) is 12.1 Å². The molecule has 1 rings (SSSR count). The van der Waals surface area contributed by atoms with Crippen LogP contribution >= 0.6 is 0 Å². The van der Waals surface area contributed by atoms with Crippen LogP contribution in [0.1, 0.15) is 23.7 Å². The fourth-order valence-corrected chi connectivity index (χ4v) is 1.74. The molecule has 0 aliphatic rings. The zero-order valence-corrected chi connectivity index (χ0v) is 9.77. The summed E-state index contributed by atoms with van der Waals surface area (Å²) in [6.45, 7) is 1.67. The molecule has 0 saturated heterocycles. The highest BCUT2D eigenvalue weighted by Crippen LogP contribution is 2.17. The Morgan fingerprint density at radius 3 is 2.50 bits per heavy atom. The summed E-state index contributed by atoms with van der Waals surface area (Å²) in [4.78, 5) is 11.3. The van der Waals surface area contributed by atoms with Crippen molar-refractivity contribution in [3.8, 4) is 0 Å². The normalized spacial score (nSPS) is 11.2. The number of hydrogen-bond acceptors (Lipinski definition) is 3. The summed E-state index contributed by atoms with van der Waals surface area (Å²) in [7, 11) is -3.51. The van der Waals surface area contributed by atoms with Gasteiger partial charge in [0, 0.05) is 12.0 Å². The Labute approximate surface area is 93.5 Å². The maximum absolute atomic E-state index is 13.4. The molecule has 0 fully saturated rings. The Morgan fingerprint density at radius 1 is 1.44 bits per heavy atom. The van der Waals surface area contributed by atoms with E-state index in [1.807, 2.05) is 4.72 Å². The molecule has 6 heteroatoms. The average Bonchev–Trinajstić information content (AvgIpc) is 2.18. The molecule has 0 aliphatic heterocycles. The summed E-state index contributed by atoms with van der Waals surface area (Å²) in [6.07, 6.45) is 1.20. The molecule has 1 aromatic carbocycles. The molecule has 1 N–H and O–H groups in total. The first kappa shape index (κ1) is 12.6. The lowest BCUT2D eigenvalue weighted by Crippen LogP contribution is -2.11. The largest absolute Gasteiger partial charge is 0.294 e. The number of benzene rings is 1. The van der Waals surface area contributed by atoms with Crippen molar-refractivity contribution in [2.75, 3.05) is 11.0 Å². The summed E-state index contributed by atoms with van der Waals surface area (Å²) >= 11 is 0. The van der Waals surface area contributed by atoms with Crippen LogP contribution < -0.4 is 4.72 Å².